The molecule has 1 unspecified atom stereocenters. The monoisotopic (exact) mass is 604 g/mol. The second-order valence-electron chi connectivity index (χ2n) is 10.1. The van der Waals surface area contributed by atoms with Crippen LogP contribution in [0.1, 0.15) is 44.9 Å². The Morgan fingerprint density at radius 3 is 2.62 bits per heavy atom. The van der Waals surface area contributed by atoms with Crippen LogP contribution in [0.3, 0.4) is 0 Å². The number of aliphatic imine (C=N–C) groups is 1. The van der Waals surface area contributed by atoms with Gasteiger partial charge in [-0.1, -0.05) is 26.0 Å². The molecule has 42 heavy (non-hydrogen) atoms. The Morgan fingerprint density at radius 1 is 1.26 bits per heavy atom. The highest BCUT2D eigenvalue weighted by Crippen LogP contribution is 2.47. The number of benzene rings is 1. The lowest BCUT2D eigenvalue weighted by Gasteiger charge is -2.28. The van der Waals surface area contributed by atoms with Crippen molar-refractivity contribution in [1.82, 2.24) is 19.7 Å². The Kier molecular flexibility index (Phi) is 9.66. The molecule has 2 aromatic heterocycles. The van der Waals surface area contributed by atoms with E-state index in [1.165, 1.54) is 31.0 Å². The number of aliphatic hydroxyl groups is 2. The maximum absolute atomic E-state index is 14.0. The molecule has 228 valence electrons. The van der Waals surface area contributed by atoms with Gasteiger partial charge in [-0.25, -0.2) is 14.1 Å². The van der Waals surface area contributed by atoms with Crippen LogP contribution >= 0.6 is 7.75 Å². The zero-order valence-corrected chi connectivity index (χ0v) is 25.0. The van der Waals surface area contributed by atoms with Gasteiger partial charge in [-0.2, -0.15) is 10.2 Å². The number of esters is 1. The summed E-state index contributed by atoms with van der Waals surface area (Å²) in [6.45, 7) is 6.81. The molecule has 0 amide bonds. The molecule has 5 N–H and O–H groups in total. The molecule has 6 atom stereocenters. The van der Waals surface area contributed by atoms with E-state index in [1.54, 1.807) is 31.2 Å². The molecule has 4 rings (SSSR count). The molecule has 0 aliphatic carbocycles. The Morgan fingerprint density at radius 2 is 1.98 bits per heavy atom. The largest absolute Gasteiger partial charge is 0.465 e. The Hall–Kier alpha value is -3.39. The molecule has 15 heteroatoms. The summed E-state index contributed by atoms with van der Waals surface area (Å²) < 4.78 is 38.1. The number of aliphatic hydroxyl groups excluding tert-OH is 2. The summed E-state index contributed by atoms with van der Waals surface area (Å²) >= 11 is 0. The number of fused-ring (bicyclic) bond motifs is 1. The number of nitrogens with two attached hydrogens (primary N) is 1. The van der Waals surface area contributed by atoms with Gasteiger partial charge in [0.05, 0.1) is 18.9 Å². The lowest BCUT2D eigenvalue weighted by molar-refractivity contribution is -0.144. The highest BCUT2D eigenvalue weighted by Gasteiger charge is 2.56. The predicted molar refractivity (Wildman–Crippen MR) is 154 cm³/mol. The minimum absolute atomic E-state index is 0.125. The quantitative estimate of drug-likeness (QED) is 0.134. The molecule has 1 aliphatic rings. The molecule has 1 saturated heterocycles. The van der Waals surface area contributed by atoms with Crippen LogP contribution in [-0.4, -0.2) is 81.6 Å². The van der Waals surface area contributed by atoms with Crippen molar-refractivity contribution >= 4 is 31.3 Å². The smallest absolute Gasteiger partial charge is 0.459 e. The first-order valence-corrected chi connectivity index (χ1v) is 15.0. The highest BCUT2D eigenvalue weighted by atomic mass is 31.2. The molecule has 14 nitrogen and oxygen atoms in total. The minimum Gasteiger partial charge on any atom is -0.465 e. The molecule has 1 fully saturated rings. The summed E-state index contributed by atoms with van der Waals surface area (Å²) in [4.78, 5) is 20.3. The van der Waals surface area contributed by atoms with Gasteiger partial charge in [-0.3, -0.25) is 14.3 Å². The van der Waals surface area contributed by atoms with Crippen LogP contribution in [0.4, 0.5) is 5.82 Å². The molecule has 0 spiro atoms. The Balaban J connectivity index is 1.61. The van der Waals surface area contributed by atoms with E-state index in [1.807, 2.05) is 26.0 Å². The van der Waals surface area contributed by atoms with Gasteiger partial charge in [-0.15, -0.1) is 0 Å². The summed E-state index contributed by atoms with van der Waals surface area (Å²) in [6, 6.07) is 9.15. The van der Waals surface area contributed by atoms with E-state index in [2.05, 4.69) is 20.2 Å². The number of carbonyl (C=O) groups is 1. The van der Waals surface area contributed by atoms with Gasteiger partial charge < -0.3 is 29.9 Å². The number of rotatable bonds is 12. The molecule has 0 bridgehead atoms. The zero-order chi connectivity index (χ0) is 30.7. The molecule has 3 aromatic rings. The minimum atomic E-state index is -4.27. The summed E-state index contributed by atoms with van der Waals surface area (Å²) in [5, 5.41) is 29.1. The molecule has 1 aromatic carbocycles. The number of nitrogens with zero attached hydrogens (tertiary/aromatic N) is 4. The van der Waals surface area contributed by atoms with Crippen LogP contribution in [0.2, 0.25) is 0 Å². The van der Waals surface area contributed by atoms with E-state index in [-0.39, 0.29) is 24.1 Å². The number of nitrogens with one attached hydrogen (secondary N) is 1. The second-order valence-corrected chi connectivity index (χ2v) is 11.8. The maximum atomic E-state index is 14.0. The number of ether oxygens (including phenoxy) is 2. The Bertz CT molecular complexity index is 1460. The van der Waals surface area contributed by atoms with Crippen LogP contribution in [0.25, 0.3) is 5.52 Å². The average molecular weight is 605 g/mol. The van der Waals surface area contributed by atoms with Gasteiger partial charge in [-0.05, 0) is 49.6 Å². The molecular weight excluding hydrogens is 567 g/mol. The first kappa shape index (κ1) is 31.5. The van der Waals surface area contributed by atoms with Crippen molar-refractivity contribution in [3.05, 3.63) is 54.0 Å². The number of aromatic nitrogens is 3. The van der Waals surface area contributed by atoms with Crippen molar-refractivity contribution < 1.29 is 38.1 Å². The first-order chi connectivity index (χ1) is 19.9. The van der Waals surface area contributed by atoms with Crippen LogP contribution < -0.4 is 15.3 Å². The van der Waals surface area contributed by atoms with Gasteiger partial charge in [0.1, 0.15) is 41.9 Å². The normalized spacial score (nSPS) is 24.7. The van der Waals surface area contributed by atoms with E-state index in [4.69, 9.17) is 24.3 Å². The first-order valence-electron chi connectivity index (χ1n) is 13.5. The summed E-state index contributed by atoms with van der Waals surface area (Å²) in [6.07, 6.45) is -1.65. The van der Waals surface area contributed by atoms with E-state index >= 15 is 0 Å². The topological polar surface area (TPSA) is 192 Å². The van der Waals surface area contributed by atoms with Crippen molar-refractivity contribution in [3.63, 3.8) is 0 Å². The number of nitrogen functional groups attached to an aromatic ring is 1. The van der Waals surface area contributed by atoms with E-state index in [0.29, 0.717) is 11.2 Å². The van der Waals surface area contributed by atoms with Crippen molar-refractivity contribution in [2.75, 3.05) is 26.0 Å². The third-order valence-corrected chi connectivity index (χ3v) is 8.51. The van der Waals surface area contributed by atoms with Gasteiger partial charge in [0, 0.05) is 13.3 Å². The van der Waals surface area contributed by atoms with E-state index in [9.17, 15) is 19.6 Å². The number of carbonyl (C=O) groups excluding carboxylic acids is 1. The Labute approximate surface area is 243 Å². The number of hydrogen-bond acceptors (Lipinski definition) is 12. The molecule has 0 saturated carbocycles. The van der Waals surface area contributed by atoms with Crippen LogP contribution in [0.15, 0.2) is 47.7 Å². The van der Waals surface area contributed by atoms with Crippen molar-refractivity contribution in [1.29, 1.82) is 0 Å². The van der Waals surface area contributed by atoms with Gasteiger partial charge in [0.2, 0.25) is 0 Å². The molecule has 0 radical (unpaired) electrons. The van der Waals surface area contributed by atoms with Crippen molar-refractivity contribution in [3.8, 4) is 5.75 Å². The van der Waals surface area contributed by atoms with E-state index < -0.39 is 50.3 Å². The van der Waals surface area contributed by atoms with Crippen LogP contribution in [0, 0.1) is 0 Å². The molecule has 3 heterocycles. The number of anilines is 1. The number of hydrogen-bond donors (Lipinski definition) is 4. The molecule has 1 aliphatic heterocycles. The third-order valence-electron chi connectivity index (χ3n) is 6.87. The standard InChI is InChI=1S/C27H37N6O8P/c1-6-38-26(36)17(4)32-42(37,41-19-9-7-18(8-10-19)16(2)3)39-13-21-23(34)24(35)27(40-21,14-29-5)22-12-11-20-25(28)30-15-31-33(20)22/h7-12,14-17,21,23-24,34-35H,6,13H2,1-5H3,(H,32,37)(H2,28,30,31)/b29-14+/t17-,21+,23+,24+,27-,42?/m0/s1. The molecular formula is C27H37N6O8P. The second kappa shape index (κ2) is 12.9. The fourth-order valence-corrected chi connectivity index (χ4v) is 6.18. The average Bonchev–Trinajstić information content (AvgIpc) is 3.49. The van der Waals surface area contributed by atoms with Gasteiger partial charge in [0.25, 0.3) is 0 Å². The van der Waals surface area contributed by atoms with Crippen LogP contribution in [-0.2, 0) is 29.0 Å². The fourth-order valence-electron chi connectivity index (χ4n) is 4.68. The highest BCUT2D eigenvalue weighted by molar-refractivity contribution is 7.52. The lowest BCUT2D eigenvalue weighted by atomic mass is 9.92. The summed E-state index contributed by atoms with van der Waals surface area (Å²) in [5.74, 6) is 0.0360. The SMILES string of the molecule is CCOC(=O)[C@H](C)NP(=O)(OC[C@H]1O[C@@](/C=N/C)(c2ccc3c(N)ncnn23)[C@H](O)[C@@H]1O)Oc1ccc(C(C)C)cc1. The predicted octanol–water partition coefficient (Wildman–Crippen LogP) is 2.20. The van der Waals surface area contributed by atoms with Gasteiger partial charge in [0.15, 0.2) is 11.4 Å². The fraction of sp³-hybridized carbons (Fsp3) is 0.481. The lowest BCUT2D eigenvalue weighted by Crippen LogP contribution is -2.43. The zero-order valence-electron chi connectivity index (χ0n) is 24.1. The van der Waals surface area contributed by atoms with E-state index in [0.717, 1.165) is 5.56 Å². The van der Waals surface area contributed by atoms with Crippen LogP contribution in [0.5, 0.6) is 5.75 Å². The third kappa shape index (κ3) is 6.33. The summed E-state index contributed by atoms with van der Waals surface area (Å²) in [5.41, 5.74) is 6.13. The van der Waals surface area contributed by atoms with Gasteiger partial charge >= 0.3 is 13.7 Å². The summed E-state index contributed by atoms with van der Waals surface area (Å²) in [7, 11) is -2.79. The van der Waals surface area contributed by atoms with Crippen molar-refractivity contribution in [2.45, 2.75) is 63.6 Å². The maximum Gasteiger partial charge on any atom is 0.459 e. The van der Waals surface area contributed by atoms with Crippen molar-refractivity contribution in [2.24, 2.45) is 4.99 Å².